The number of hydrogen-bond acceptors (Lipinski definition) is 4. The van der Waals surface area contributed by atoms with Gasteiger partial charge in [0, 0.05) is 5.39 Å². The zero-order chi connectivity index (χ0) is 15.0. The molecule has 1 saturated carbocycles. The Kier molecular flexibility index (Phi) is 3.25. The van der Waals surface area contributed by atoms with E-state index in [0.717, 1.165) is 12.8 Å². The van der Waals surface area contributed by atoms with Crippen molar-refractivity contribution in [3.05, 3.63) is 40.3 Å². The quantitative estimate of drug-likeness (QED) is 0.872. The van der Waals surface area contributed by atoms with Gasteiger partial charge in [-0.3, -0.25) is 9.59 Å². The molecule has 6 nitrogen and oxygen atoms in total. The van der Waals surface area contributed by atoms with Crippen molar-refractivity contribution in [3.63, 3.8) is 0 Å². The van der Waals surface area contributed by atoms with Gasteiger partial charge >= 0.3 is 0 Å². The van der Waals surface area contributed by atoms with Crippen molar-refractivity contribution >= 4 is 16.7 Å². The van der Waals surface area contributed by atoms with Gasteiger partial charge in [0.15, 0.2) is 5.69 Å². The molecule has 0 radical (unpaired) electrons. The maximum atomic E-state index is 12.5. The van der Waals surface area contributed by atoms with E-state index in [4.69, 9.17) is 5.73 Å². The van der Waals surface area contributed by atoms with Crippen LogP contribution < -0.4 is 11.3 Å². The molecule has 0 unspecified atom stereocenters. The van der Waals surface area contributed by atoms with Gasteiger partial charge in [-0.1, -0.05) is 31.0 Å². The fourth-order valence-electron chi connectivity index (χ4n) is 2.99. The molecule has 1 aliphatic rings. The normalized spacial score (nSPS) is 17.2. The van der Waals surface area contributed by atoms with E-state index in [2.05, 4.69) is 5.10 Å². The number of hydrogen-bond donors (Lipinski definition) is 2. The van der Waals surface area contributed by atoms with E-state index in [1.807, 2.05) is 0 Å². The number of fused-ring (bicyclic) bond motifs is 1. The molecule has 2 aromatic rings. The van der Waals surface area contributed by atoms with Crippen LogP contribution in [0.2, 0.25) is 0 Å². The summed E-state index contributed by atoms with van der Waals surface area (Å²) in [6.45, 7) is 0.0942. The number of rotatable bonds is 3. The number of amides is 1. The van der Waals surface area contributed by atoms with Crippen molar-refractivity contribution in [1.29, 1.82) is 0 Å². The van der Waals surface area contributed by atoms with Crippen LogP contribution in [0, 0.1) is 0 Å². The molecule has 0 spiro atoms. The van der Waals surface area contributed by atoms with Gasteiger partial charge in [0.1, 0.15) is 0 Å². The molecule has 1 amide bonds. The first kappa shape index (κ1) is 13.8. The highest BCUT2D eigenvalue weighted by atomic mass is 16.3. The zero-order valence-electron chi connectivity index (χ0n) is 11.6. The van der Waals surface area contributed by atoms with Gasteiger partial charge in [-0.15, -0.1) is 0 Å². The number of primary amides is 1. The molecule has 21 heavy (non-hydrogen) atoms. The third kappa shape index (κ3) is 2.42. The summed E-state index contributed by atoms with van der Waals surface area (Å²) in [6, 6.07) is 6.74. The summed E-state index contributed by atoms with van der Waals surface area (Å²) in [7, 11) is 0. The third-order valence-electron chi connectivity index (χ3n) is 4.08. The first-order valence-electron chi connectivity index (χ1n) is 7.02. The standard InChI is InChI=1S/C15H17N3O3/c16-13(19)12-10-5-1-2-6-11(10)14(20)18(17-12)9-15(21)7-3-4-8-15/h1-2,5-6,21H,3-4,7-9H2,(H2,16,19). The molecule has 0 aliphatic heterocycles. The Hall–Kier alpha value is -2.21. The smallest absolute Gasteiger partial charge is 0.274 e. The Balaban J connectivity index is 2.17. The molecule has 1 fully saturated rings. The summed E-state index contributed by atoms with van der Waals surface area (Å²) in [6.07, 6.45) is 3.14. The lowest BCUT2D eigenvalue weighted by Gasteiger charge is -2.22. The predicted molar refractivity (Wildman–Crippen MR) is 77.9 cm³/mol. The minimum Gasteiger partial charge on any atom is -0.388 e. The van der Waals surface area contributed by atoms with Gasteiger partial charge in [-0.2, -0.15) is 5.10 Å². The lowest BCUT2D eigenvalue weighted by Crippen LogP contribution is -2.38. The average Bonchev–Trinajstić information content (AvgIpc) is 2.88. The van der Waals surface area contributed by atoms with Crippen LogP contribution in [0.15, 0.2) is 29.1 Å². The van der Waals surface area contributed by atoms with Gasteiger partial charge < -0.3 is 10.8 Å². The molecule has 0 atom stereocenters. The van der Waals surface area contributed by atoms with Crippen molar-refractivity contribution in [1.82, 2.24) is 9.78 Å². The van der Waals surface area contributed by atoms with Crippen molar-refractivity contribution in [2.45, 2.75) is 37.8 Å². The Morgan fingerprint density at radius 2 is 1.90 bits per heavy atom. The fourth-order valence-corrected chi connectivity index (χ4v) is 2.99. The molecule has 3 N–H and O–H groups in total. The number of carbonyl (C=O) groups is 1. The monoisotopic (exact) mass is 287 g/mol. The van der Waals surface area contributed by atoms with Crippen molar-refractivity contribution in [3.8, 4) is 0 Å². The van der Waals surface area contributed by atoms with Gasteiger partial charge in [0.05, 0.1) is 17.5 Å². The molecule has 1 heterocycles. The number of aromatic nitrogens is 2. The Morgan fingerprint density at radius 1 is 1.29 bits per heavy atom. The number of nitrogens with zero attached hydrogens (tertiary/aromatic N) is 2. The van der Waals surface area contributed by atoms with E-state index in [1.165, 1.54) is 4.68 Å². The molecular weight excluding hydrogens is 270 g/mol. The molecular formula is C15H17N3O3. The largest absolute Gasteiger partial charge is 0.388 e. The summed E-state index contributed by atoms with van der Waals surface area (Å²) in [5.74, 6) is -0.682. The van der Waals surface area contributed by atoms with Crippen LogP contribution in [-0.2, 0) is 6.54 Å². The first-order valence-corrected chi connectivity index (χ1v) is 7.02. The second kappa shape index (κ2) is 4.96. The number of aliphatic hydroxyl groups is 1. The fraction of sp³-hybridized carbons (Fsp3) is 0.400. The minimum absolute atomic E-state index is 0.0618. The van der Waals surface area contributed by atoms with Crippen LogP contribution in [0.3, 0.4) is 0 Å². The minimum atomic E-state index is -0.922. The lowest BCUT2D eigenvalue weighted by molar-refractivity contribution is 0.0250. The molecule has 3 rings (SSSR count). The topological polar surface area (TPSA) is 98.2 Å². The summed E-state index contributed by atoms with van der Waals surface area (Å²) >= 11 is 0. The van der Waals surface area contributed by atoms with Crippen molar-refractivity contribution < 1.29 is 9.90 Å². The van der Waals surface area contributed by atoms with Crippen LogP contribution in [0.25, 0.3) is 10.8 Å². The van der Waals surface area contributed by atoms with E-state index < -0.39 is 11.5 Å². The van der Waals surface area contributed by atoms with E-state index in [9.17, 15) is 14.7 Å². The van der Waals surface area contributed by atoms with Gasteiger partial charge in [-0.25, -0.2) is 4.68 Å². The van der Waals surface area contributed by atoms with E-state index in [-0.39, 0.29) is 17.8 Å². The molecule has 1 aromatic heterocycles. The predicted octanol–water partition coefficient (Wildman–Crippen LogP) is 0.800. The third-order valence-corrected chi connectivity index (χ3v) is 4.08. The van der Waals surface area contributed by atoms with Crippen LogP contribution in [0.4, 0.5) is 0 Å². The van der Waals surface area contributed by atoms with Gasteiger partial charge in [0.25, 0.3) is 11.5 Å². The maximum absolute atomic E-state index is 12.5. The van der Waals surface area contributed by atoms with Crippen molar-refractivity contribution in [2.24, 2.45) is 5.73 Å². The molecule has 0 bridgehead atoms. The number of carbonyl (C=O) groups excluding carboxylic acids is 1. The van der Waals surface area contributed by atoms with Crippen LogP contribution in [0.1, 0.15) is 36.2 Å². The molecule has 1 aliphatic carbocycles. The highest BCUT2D eigenvalue weighted by Crippen LogP contribution is 2.30. The average molecular weight is 287 g/mol. The highest BCUT2D eigenvalue weighted by molar-refractivity contribution is 6.03. The molecule has 1 aromatic carbocycles. The summed E-state index contributed by atoms with van der Waals surface area (Å²) in [5, 5.41) is 15.4. The van der Waals surface area contributed by atoms with Gasteiger partial charge in [-0.05, 0) is 18.9 Å². The second-order valence-corrected chi connectivity index (χ2v) is 5.65. The van der Waals surface area contributed by atoms with E-state index in [1.54, 1.807) is 24.3 Å². The molecule has 110 valence electrons. The Bertz CT molecular complexity index is 760. The number of nitrogens with two attached hydrogens (primary N) is 1. The molecule has 6 heteroatoms. The van der Waals surface area contributed by atoms with Crippen LogP contribution >= 0.6 is 0 Å². The van der Waals surface area contributed by atoms with E-state index >= 15 is 0 Å². The first-order chi connectivity index (χ1) is 10.0. The van der Waals surface area contributed by atoms with Crippen LogP contribution in [-0.4, -0.2) is 26.4 Å². The summed E-state index contributed by atoms with van der Waals surface area (Å²) in [4.78, 5) is 24.0. The van der Waals surface area contributed by atoms with Gasteiger partial charge in [0.2, 0.25) is 0 Å². The van der Waals surface area contributed by atoms with Crippen LogP contribution in [0.5, 0.6) is 0 Å². The SMILES string of the molecule is NC(=O)c1nn(CC2(O)CCCC2)c(=O)c2ccccc12. The second-order valence-electron chi connectivity index (χ2n) is 5.65. The number of benzene rings is 1. The lowest BCUT2D eigenvalue weighted by atomic mass is 10.0. The zero-order valence-corrected chi connectivity index (χ0v) is 11.6. The Morgan fingerprint density at radius 3 is 2.52 bits per heavy atom. The Labute approximate surface area is 121 Å². The van der Waals surface area contributed by atoms with E-state index in [0.29, 0.717) is 23.6 Å². The summed E-state index contributed by atoms with van der Waals surface area (Å²) < 4.78 is 1.17. The van der Waals surface area contributed by atoms with Crippen molar-refractivity contribution in [2.75, 3.05) is 0 Å². The summed E-state index contributed by atoms with van der Waals surface area (Å²) in [5.41, 5.74) is 4.19. The highest BCUT2D eigenvalue weighted by Gasteiger charge is 2.32. The maximum Gasteiger partial charge on any atom is 0.274 e. The molecule has 0 saturated heterocycles.